The molecular formula is C26H30N8O4S. The number of nitrogens with one attached hydrogen (secondary N) is 2. The third-order valence-electron chi connectivity index (χ3n) is 6.86. The molecule has 0 aliphatic carbocycles. The lowest BCUT2D eigenvalue weighted by Crippen LogP contribution is -2.54. The Kier molecular flexibility index (Phi) is 6.36. The van der Waals surface area contributed by atoms with Crippen LogP contribution in [0.15, 0.2) is 24.7 Å². The summed E-state index contributed by atoms with van der Waals surface area (Å²) in [5.41, 5.74) is 3.54. The molecular weight excluding hydrogens is 520 g/mol. The summed E-state index contributed by atoms with van der Waals surface area (Å²) in [5, 5.41) is 24.5. The average molecular weight is 551 g/mol. The second-order valence-electron chi connectivity index (χ2n) is 10.8. The first-order chi connectivity index (χ1) is 18.7. The second-order valence-corrected chi connectivity index (χ2v) is 11.8. The van der Waals surface area contributed by atoms with E-state index in [2.05, 4.69) is 44.6 Å². The van der Waals surface area contributed by atoms with Crippen molar-refractivity contribution in [1.82, 2.24) is 29.3 Å². The molecule has 39 heavy (non-hydrogen) atoms. The highest BCUT2D eigenvalue weighted by molar-refractivity contribution is 7.21. The molecule has 2 amide bonds. The van der Waals surface area contributed by atoms with Crippen LogP contribution < -0.4 is 15.4 Å². The molecule has 13 heteroatoms. The number of hydrogen-bond donors (Lipinski definition) is 3. The van der Waals surface area contributed by atoms with Gasteiger partial charge in [0.05, 0.1) is 65.2 Å². The lowest BCUT2D eigenvalue weighted by atomic mass is 9.84. The molecule has 1 saturated heterocycles. The maximum absolute atomic E-state index is 13.3. The van der Waals surface area contributed by atoms with Gasteiger partial charge in [-0.25, -0.2) is 9.20 Å². The number of carbonyl (C=O) groups is 2. The number of aliphatic hydroxyl groups is 1. The predicted molar refractivity (Wildman–Crippen MR) is 146 cm³/mol. The Morgan fingerprint density at radius 1 is 1.23 bits per heavy atom. The van der Waals surface area contributed by atoms with E-state index in [4.69, 9.17) is 4.74 Å². The summed E-state index contributed by atoms with van der Waals surface area (Å²) >= 11 is 1.38. The first-order valence-corrected chi connectivity index (χ1v) is 13.6. The first-order valence-electron chi connectivity index (χ1n) is 12.8. The van der Waals surface area contributed by atoms with Crippen LogP contribution in [0.25, 0.3) is 15.3 Å². The van der Waals surface area contributed by atoms with Crippen LogP contribution in [0, 0.1) is 12.3 Å². The van der Waals surface area contributed by atoms with Crippen LogP contribution in [0.2, 0.25) is 0 Å². The van der Waals surface area contributed by atoms with Crippen molar-refractivity contribution in [2.45, 2.75) is 40.3 Å². The van der Waals surface area contributed by atoms with Crippen LogP contribution in [0.5, 0.6) is 5.88 Å². The molecule has 1 fully saturated rings. The number of nitrogens with zero attached hydrogens (tertiary/aromatic N) is 6. The summed E-state index contributed by atoms with van der Waals surface area (Å²) in [6, 6.07) is 1.71. The Balaban J connectivity index is 1.20. The van der Waals surface area contributed by atoms with Crippen molar-refractivity contribution in [3.63, 3.8) is 0 Å². The fourth-order valence-electron chi connectivity index (χ4n) is 5.19. The van der Waals surface area contributed by atoms with Gasteiger partial charge in [0, 0.05) is 32.3 Å². The van der Waals surface area contributed by atoms with E-state index in [1.165, 1.54) is 17.5 Å². The monoisotopic (exact) mass is 550 g/mol. The van der Waals surface area contributed by atoms with Crippen LogP contribution in [0.1, 0.15) is 42.0 Å². The molecule has 4 aromatic rings. The number of aliphatic hydroxyl groups excluding tert-OH is 1. The van der Waals surface area contributed by atoms with Gasteiger partial charge in [0.15, 0.2) is 0 Å². The van der Waals surface area contributed by atoms with E-state index < -0.39 is 0 Å². The third kappa shape index (κ3) is 4.88. The summed E-state index contributed by atoms with van der Waals surface area (Å²) in [6.07, 6.45) is 5.77. The van der Waals surface area contributed by atoms with Gasteiger partial charge in [-0.15, -0.1) is 11.3 Å². The van der Waals surface area contributed by atoms with Crippen molar-refractivity contribution in [3.05, 3.63) is 41.6 Å². The van der Waals surface area contributed by atoms with Crippen molar-refractivity contribution in [2.75, 3.05) is 36.9 Å². The number of ether oxygens (including phenoxy) is 1. The molecule has 0 saturated carbocycles. The Morgan fingerprint density at radius 2 is 2.05 bits per heavy atom. The van der Waals surface area contributed by atoms with Crippen molar-refractivity contribution in [3.8, 4) is 16.3 Å². The highest BCUT2D eigenvalue weighted by Crippen LogP contribution is 2.40. The second kappa shape index (κ2) is 9.74. The summed E-state index contributed by atoms with van der Waals surface area (Å²) in [6.45, 7) is 9.33. The molecule has 2 aliphatic heterocycles. The molecule has 12 nitrogen and oxygen atoms in total. The molecule has 6 heterocycles. The maximum Gasteiger partial charge on any atom is 0.260 e. The van der Waals surface area contributed by atoms with Crippen LogP contribution >= 0.6 is 11.3 Å². The maximum atomic E-state index is 13.3. The van der Waals surface area contributed by atoms with Crippen molar-refractivity contribution in [2.24, 2.45) is 5.41 Å². The molecule has 0 unspecified atom stereocenters. The minimum absolute atomic E-state index is 0.119. The van der Waals surface area contributed by atoms with Gasteiger partial charge in [-0.3, -0.25) is 19.5 Å². The smallest absolute Gasteiger partial charge is 0.260 e. The lowest BCUT2D eigenvalue weighted by Gasteiger charge is -2.45. The zero-order valence-corrected chi connectivity index (χ0v) is 22.8. The van der Waals surface area contributed by atoms with Gasteiger partial charge in [0.2, 0.25) is 11.8 Å². The number of pyridine rings is 1. The number of thiazole rings is 1. The molecule has 0 spiro atoms. The quantitative estimate of drug-likeness (QED) is 0.319. The number of aryl methyl sites for hydroxylation is 2. The largest absolute Gasteiger partial charge is 0.477 e. The molecule has 2 aliphatic rings. The van der Waals surface area contributed by atoms with Crippen LogP contribution in [-0.2, 0) is 17.9 Å². The number of fused-ring (bicyclic) bond motifs is 2. The van der Waals surface area contributed by atoms with Gasteiger partial charge >= 0.3 is 0 Å². The van der Waals surface area contributed by atoms with E-state index in [-0.39, 0.29) is 23.8 Å². The SMILES string of the molecule is Cc1ncc(NC(=O)CN2CC(C)(C)C2)cc1NC(=O)c1cnn2cc(-c3c(CO)nn4c3OCCC4)sc12. The van der Waals surface area contributed by atoms with Crippen molar-refractivity contribution >= 4 is 39.4 Å². The number of carbonyl (C=O) groups excluding carboxylic acids is 2. The number of anilines is 2. The summed E-state index contributed by atoms with van der Waals surface area (Å²) < 4.78 is 9.27. The average Bonchev–Trinajstić information content (AvgIpc) is 3.56. The highest BCUT2D eigenvalue weighted by Gasteiger charge is 2.34. The fraction of sp³-hybridized carbons (Fsp3) is 0.423. The van der Waals surface area contributed by atoms with Gasteiger partial charge in [-0.05, 0) is 18.4 Å². The minimum atomic E-state index is -0.342. The first kappa shape index (κ1) is 25.5. The van der Waals surface area contributed by atoms with Crippen molar-refractivity contribution in [1.29, 1.82) is 0 Å². The number of likely N-dealkylation sites (tertiary alicyclic amines) is 1. The minimum Gasteiger partial charge on any atom is -0.477 e. The van der Waals surface area contributed by atoms with Crippen LogP contribution in [0.4, 0.5) is 11.4 Å². The number of aromatic nitrogens is 5. The number of amides is 2. The van der Waals surface area contributed by atoms with Crippen LogP contribution in [-0.4, -0.2) is 72.4 Å². The number of hydrogen-bond acceptors (Lipinski definition) is 9. The van der Waals surface area contributed by atoms with E-state index >= 15 is 0 Å². The molecule has 0 atom stereocenters. The fourth-order valence-corrected chi connectivity index (χ4v) is 6.31. The normalized spacial score (nSPS) is 16.4. The van der Waals surface area contributed by atoms with Gasteiger partial charge in [0.25, 0.3) is 5.91 Å². The zero-order chi connectivity index (χ0) is 27.3. The molecule has 6 rings (SSSR count). The van der Waals surface area contributed by atoms with Gasteiger partial charge in [0.1, 0.15) is 10.5 Å². The van der Waals surface area contributed by atoms with Gasteiger partial charge in [-0.2, -0.15) is 10.2 Å². The Morgan fingerprint density at radius 3 is 2.82 bits per heavy atom. The molecule has 4 aromatic heterocycles. The Hall–Kier alpha value is -3.81. The molecule has 3 N–H and O–H groups in total. The predicted octanol–water partition coefficient (Wildman–Crippen LogP) is 2.77. The number of rotatable bonds is 7. The summed E-state index contributed by atoms with van der Waals surface area (Å²) in [7, 11) is 0. The van der Waals surface area contributed by atoms with E-state index in [1.54, 1.807) is 28.4 Å². The molecule has 0 bridgehead atoms. The molecule has 204 valence electrons. The van der Waals surface area contributed by atoms with E-state index in [0.29, 0.717) is 52.2 Å². The zero-order valence-electron chi connectivity index (χ0n) is 22.0. The van der Waals surface area contributed by atoms with Gasteiger partial charge < -0.3 is 20.5 Å². The molecule has 0 aromatic carbocycles. The van der Waals surface area contributed by atoms with E-state index in [0.717, 1.165) is 36.5 Å². The Bertz CT molecular complexity index is 1580. The highest BCUT2D eigenvalue weighted by atomic mass is 32.1. The third-order valence-corrected chi connectivity index (χ3v) is 7.99. The van der Waals surface area contributed by atoms with Crippen LogP contribution in [0.3, 0.4) is 0 Å². The lowest BCUT2D eigenvalue weighted by molar-refractivity contribution is -0.120. The molecule has 0 radical (unpaired) electrons. The standard InChI is InChI=1S/C26H30N8O4S/c1-15-18(7-16(8-27-15)29-21(36)11-32-13-26(2,3)14-32)30-23(37)17-9-28-34-10-20(39-25(17)34)22-19(12-35)31-33-5-4-6-38-24(22)33/h7-10,35H,4-6,11-14H2,1-3H3,(H,29,36)(H,30,37). The van der Waals surface area contributed by atoms with E-state index in [9.17, 15) is 14.7 Å². The van der Waals surface area contributed by atoms with Gasteiger partial charge in [-0.1, -0.05) is 13.8 Å². The Labute approximate surface area is 228 Å². The summed E-state index contributed by atoms with van der Waals surface area (Å²) in [4.78, 5) is 33.7. The van der Waals surface area contributed by atoms with Crippen molar-refractivity contribution < 1.29 is 19.4 Å². The topological polar surface area (TPSA) is 139 Å². The summed E-state index contributed by atoms with van der Waals surface area (Å²) in [5.74, 6) is 0.163. The van der Waals surface area contributed by atoms with E-state index in [1.807, 2.05) is 6.20 Å².